The predicted molar refractivity (Wildman–Crippen MR) is 102 cm³/mol. The lowest BCUT2D eigenvalue weighted by Gasteiger charge is -2.06. The Bertz CT molecular complexity index is 965. The molecular weight excluding hydrogens is 344 g/mol. The number of carbonyl (C=O) groups excluding carboxylic acids is 2. The predicted octanol–water partition coefficient (Wildman–Crippen LogP) is 3.87. The van der Waals surface area contributed by atoms with Crippen molar-refractivity contribution in [1.29, 1.82) is 0 Å². The Morgan fingerprint density at radius 1 is 0.778 bits per heavy atom. The number of nitro groups is 1. The molecule has 0 saturated carbocycles. The summed E-state index contributed by atoms with van der Waals surface area (Å²) in [6, 6.07) is 22.2. The van der Waals surface area contributed by atoms with E-state index < -0.39 is 10.8 Å². The first-order valence-corrected chi connectivity index (χ1v) is 8.26. The number of ketones is 1. The van der Waals surface area contributed by atoms with E-state index in [9.17, 15) is 19.7 Å². The molecule has 0 atom stereocenters. The Hall–Kier alpha value is -3.80. The normalized spacial score (nSPS) is 10.2. The lowest BCUT2D eigenvalue weighted by molar-refractivity contribution is -0.384. The molecule has 0 spiro atoms. The van der Waals surface area contributed by atoms with Crippen LogP contribution in [0.5, 0.6) is 0 Å². The Balaban J connectivity index is 1.60. The quantitative estimate of drug-likeness (QED) is 0.410. The minimum atomic E-state index is -0.537. The monoisotopic (exact) mass is 360 g/mol. The van der Waals surface area contributed by atoms with E-state index in [-0.39, 0.29) is 23.6 Å². The third-order valence-corrected chi connectivity index (χ3v) is 4.06. The second-order valence-corrected chi connectivity index (χ2v) is 5.85. The molecule has 3 rings (SSSR count). The number of hydrogen-bond donors (Lipinski definition) is 1. The summed E-state index contributed by atoms with van der Waals surface area (Å²) in [5, 5.41) is 13.2. The molecule has 27 heavy (non-hydrogen) atoms. The third-order valence-electron chi connectivity index (χ3n) is 4.06. The lowest BCUT2D eigenvalue weighted by atomic mass is 10.0. The van der Waals surface area contributed by atoms with Crippen LogP contribution < -0.4 is 5.32 Å². The van der Waals surface area contributed by atoms with Crippen LogP contribution in [0, 0.1) is 10.1 Å². The smallest absolute Gasteiger partial charge is 0.269 e. The number of carbonyl (C=O) groups is 2. The van der Waals surface area contributed by atoms with E-state index >= 15 is 0 Å². The maximum Gasteiger partial charge on any atom is 0.269 e. The Labute approximate surface area is 155 Å². The van der Waals surface area contributed by atoms with E-state index in [1.165, 1.54) is 24.3 Å². The number of non-ortho nitro benzene ring substituents is 1. The SMILES string of the molecule is O=C(CNC(=O)c1ccc([N+](=O)[O-])cc1)c1ccc(-c2ccccc2)cc1. The maximum atomic E-state index is 12.3. The van der Waals surface area contributed by atoms with Crippen LogP contribution in [0.2, 0.25) is 0 Å². The molecule has 6 heteroatoms. The van der Waals surface area contributed by atoms with Gasteiger partial charge in [0.1, 0.15) is 0 Å². The Kier molecular flexibility index (Phi) is 5.37. The number of benzene rings is 3. The first kappa shape index (κ1) is 18.0. The topological polar surface area (TPSA) is 89.3 Å². The van der Waals surface area contributed by atoms with E-state index in [4.69, 9.17) is 0 Å². The van der Waals surface area contributed by atoms with E-state index in [0.29, 0.717) is 5.56 Å². The van der Waals surface area contributed by atoms with Crippen molar-refractivity contribution in [1.82, 2.24) is 5.32 Å². The molecule has 6 nitrogen and oxygen atoms in total. The number of nitrogens with one attached hydrogen (secondary N) is 1. The number of nitro benzene ring substituents is 1. The van der Waals surface area contributed by atoms with E-state index in [1.54, 1.807) is 12.1 Å². The standard InChI is InChI=1S/C21H16N2O4/c24-20(14-22-21(25)18-10-12-19(13-11-18)23(26)27)17-8-6-16(7-9-17)15-4-2-1-3-5-15/h1-13H,14H2,(H,22,25). The van der Waals surface area contributed by atoms with Gasteiger partial charge in [0.25, 0.3) is 11.6 Å². The van der Waals surface area contributed by atoms with Crippen molar-refractivity contribution in [2.75, 3.05) is 6.54 Å². The fourth-order valence-corrected chi connectivity index (χ4v) is 2.58. The first-order valence-electron chi connectivity index (χ1n) is 8.26. The fraction of sp³-hybridized carbons (Fsp3) is 0.0476. The highest BCUT2D eigenvalue weighted by atomic mass is 16.6. The largest absolute Gasteiger partial charge is 0.345 e. The minimum Gasteiger partial charge on any atom is -0.345 e. The minimum absolute atomic E-state index is 0.0962. The molecule has 134 valence electrons. The zero-order valence-corrected chi connectivity index (χ0v) is 14.3. The van der Waals surface area contributed by atoms with Gasteiger partial charge in [0, 0.05) is 23.3 Å². The second-order valence-electron chi connectivity index (χ2n) is 5.85. The highest BCUT2D eigenvalue weighted by Crippen LogP contribution is 2.19. The van der Waals surface area contributed by atoms with Gasteiger partial charge in [-0.25, -0.2) is 0 Å². The molecule has 3 aromatic rings. The van der Waals surface area contributed by atoms with Crippen LogP contribution >= 0.6 is 0 Å². The van der Waals surface area contributed by atoms with Gasteiger partial charge in [0.15, 0.2) is 5.78 Å². The van der Waals surface area contributed by atoms with E-state index in [1.807, 2.05) is 42.5 Å². The van der Waals surface area contributed by atoms with Crippen LogP contribution in [-0.2, 0) is 0 Å². The third kappa shape index (κ3) is 4.43. The van der Waals surface area contributed by atoms with Crippen LogP contribution in [0.1, 0.15) is 20.7 Å². The van der Waals surface area contributed by atoms with Gasteiger partial charge < -0.3 is 5.32 Å². The zero-order valence-electron chi connectivity index (χ0n) is 14.3. The number of rotatable bonds is 6. The highest BCUT2D eigenvalue weighted by molar-refractivity contribution is 6.02. The Morgan fingerprint density at radius 3 is 1.93 bits per heavy atom. The lowest BCUT2D eigenvalue weighted by Crippen LogP contribution is -2.29. The van der Waals surface area contributed by atoms with Gasteiger partial charge in [-0.15, -0.1) is 0 Å². The molecule has 0 unspecified atom stereocenters. The number of Topliss-reactive ketones (excluding diaryl/α,β-unsaturated/α-hetero) is 1. The summed E-state index contributed by atoms with van der Waals surface area (Å²) in [5.41, 5.74) is 2.72. The van der Waals surface area contributed by atoms with Crippen molar-refractivity contribution in [2.45, 2.75) is 0 Å². The van der Waals surface area contributed by atoms with Gasteiger partial charge in [-0.1, -0.05) is 54.6 Å². The summed E-state index contributed by atoms with van der Waals surface area (Å²) in [6.45, 7) is -0.152. The van der Waals surface area contributed by atoms with Gasteiger partial charge in [-0.05, 0) is 23.3 Å². The highest BCUT2D eigenvalue weighted by Gasteiger charge is 2.12. The average Bonchev–Trinajstić information content (AvgIpc) is 2.72. The second kappa shape index (κ2) is 8.05. The van der Waals surface area contributed by atoms with Crippen molar-refractivity contribution >= 4 is 17.4 Å². The van der Waals surface area contributed by atoms with Crippen LogP contribution in [0.15, 0.2) is 78.9 Å². The number of hydrogen-bond acceptors (Lipinski definition) is 4. The average molecular weight is 360 g/mol. The van der Waals surface area contributed by atoms with Crippen molar-refractivity contribution in [2.24, 2.45) is 0 Å². The summed E-state index contributed by atoms with van der Waals surface area (Å²) >= 11 is 0. The van der Waals surface area contributed by atoms with Crippen LogP contribution in [-0.4, -0.2) is 23.2 Å². The number of nitrogens with zero attached hydrogens (tertiary/aromatic N) is 1. The summed E-state index contributed by atoms with van der Waals surface area (Å²) < 4.78 is 0. The van der Waals surface area contributed by atoms with Crippen molar-refractivity contribution < 1.29 is 14.5 Å². The van der Waals surface area contributed by atoms with E-state index in [2.05, 4.69) is 5.32 Å². The van der Waals surface area contributed by atoms with Crippen LogP contribution in [0.4, 0.5) is 5.69 Å². The van der Waals surface area contributed by atoms with Gasteiger partial charge in [0.2, 0.25) is 0 Å². The van der Waals surface area contributed by atoms with Gasteiger partial charge in [-0.2, -0.15) is 0 Å². The Morgan fingerprint density at radius 2 is 1.33 bits per heavy atom. The van der Waals surface area contributed by atoms with E-state index in [0.717, 1.165) is 11.1 Å². The van der Waals surface area contributed by atoms with Gasteiger partial charge >= 0.3 is 0 Å². The summed E-state index contributed by atoms with van der Waals surface area (Å²) in [4.78, 5) is 34.4. The summed E-state index contributed by atoms with van der Waals surface area (Å²) in [5.74, 6) is -0.677. The molecule has 0 aliphatic heterocycles. The first-order chi connectivity index (χ1) is 13.0. The van der Waals surface area contributed by atoms with Crippen molar-refractivity contribution in [3.63, 3.8) is 0 Å². The van der Waals surface area contributed by atoms with Crippen molar-refractivity contribution in [3.05, 3.63) is 100 Å². The van der Waals surface area contributed by atoms with Crippen LogP contribution in [0.25, 0.3) is 11.1 Å². The summed E-state index contributed by atoms with van der Waals surface area (Å²) in [7, 11) is 0. The molecule has 0 aromatic heterocycles. The van der Waals surface area contributed by atoms with Crippen molar-refractivity contribution in [3.8, 4) is 11.1 Å². The fourth-order valence-electron chi connectivity index (χ4n) is 2.58. The molecule has 0 saturated heterocycles. The molecule has 0 aliphatic rings. The molecule has 0 fully saturated rings. The maximum absolute atomic E-state index is 12.3. The molecule has 1 amide bonds. The summed E-state index contributed by atoms with van der Waals surface area (Å²) in [6.07, 6.45) is 0. The molecule has 0 heterocycles. The zero-order chi connectivity index (χ0) is 19.2. The molecule has 0 aliphatic carbocycles. The molecular formula is C21H16N2O4. The van der Waals surface area contributed by atoms with Gasteiger partial charge in [0.05, 0.1) is 11.5 Å². The van der Waals surface area contributed by atoms with Gasteiger partial charge in [-0.3, -0.25) is 19.7 Å². The van der Waals surface area contributed by atoms with Crippen LogP contribution in [0.3, 0.4) is 0 Å². The number of amides is 1. The molecule has 0 bridgehead atoms. The molecule has 3 aromatic carbocycles. The molecule has 1 N–H and O–H groups in total. The molecule has 0 radical (unpaired) electrons.